The maximum atomic E-state index is 13.9. The zero-order valence-corrected chi connectivity index (χ0v) is 34.4. The van der Waals surface area contributed by atoms with Crippen molar-refractivity contribution in [2.75, 3.05) is 13.2 Å². The molecule has 0 aliphatic heterocycles. The Morgan fingerprint density at radius 2 is 1.03 bits per heavy atom. The molecule has 342 valence electrons. The first-order valence-electron chi connectivity index (χ1n) is 19.3. The van der Waals surface area contributed by atoms with E-state index in [-0.39, 0.29) is 12.8 Å². The Balaban J connectivity index is 3.29. The number of H-pyrrole nitrogens is 1. The first-order chi connectivity index (χ1) is 28.6. The third-order valence-electron chi connectivity index (χ3n) is 9.23. The van der Waals surface area contributed by atoms with E-state index in [1.54, 1.807) is 13.8 Å². The van der Waals surface area contributed by atoms with Crippen LogP contribution in [0.1, 0.15) is 72.4 Å². The minimum Gasteiger partial charge on any atom is -0.481 e. The number of amides is 7. The van der Waals surface area contributed by atoms with E-state index in [1.807, 2.05) is 5.32 Å². The van der Waals surface area contributed by atoms with Gasteiger partial charge in [0.2, 0.25) is 41.4 Å². The van der Waals surface area contributed by atoms with Crippen molar-refractivity contribution >= 4 is 59.3 Å². The summed E-state index contributed by atoms with van der Waals surface area (Å²) in [6.45, 7) is 5.61. The molecule has 0 aliphatic carbocycles. The Morgan fingerprint density at radius 1 is 0.607 bits per heavy atom. The number of aromatic nitrogens is 2. The molecule has 0 radical (unpaired) electrons. The van der Waals surface area contributed by atoms with Crippen LogP contribution in [-0.4, -0.2) is 156 Å². The molecule has 0 fully saturated rings. The third-order valence-corrected chi connectivity index (χ3v) is 9.23. The van der Waals surface area contributed by atoms with E-state index in [0.717, 1.165) is 0 Å². The number of carboxylic acid groups (broad SMARTS) is 3. The lowest BCUT2D eigenvalue weighted by molar-refractivity contribution is -0.144. The Morgan fingerprint density at radius 3 is 1.48 bits per heavy atom. The standard InChI is InChI=1S/C36H58N10O15/c1-6-17(4)28(46-30(54)20(7-9-25(49)50)40-29(53)18(5)37)35(59)42-22(11-19-12-38-15-39-19)31(55)45-27(16(2)3)34(58)44-24(14-48)33(57)43-23(13-47)32(56)41-21(36(60)61)8-10-26(51)52/h12,15-18,20-24,27-28,47-48H,6-11,13-14,37H2,1-5H3,(H,38,39)(H,40,53)(H,41,56)(H,42,59)(H,43,57)(H,44,58)(H,45,55)(H,46,54)(H,49,50)(H,51,52)(H,60,61)/t17-,18-,20-,21-,22-,23-,24-,27-,28-/m0/s1. The van der Waals surface area contributed by atoms with Crippen molar-refractivity contribution in [1.29, 1.82) is 0 Å². The zero-order valence-electron chi connectivity index (χ0n) is 34.4. The number of aromatic amines is 1. The Kier molecular flexibility index (Phi) is 22.6. The van der Waals surface area contributed by atoms with Gasteiger partial charge in [-0.05, 0) is 31.6 Å². The van der Waals surface area contributed by atoms with E-state index in [9.17, 15) is 68.4 Å². The molecule has 61 heavy (non-hydrogen) atoms. The number of carbonyl (C=O) groups excluding carboxylic acids is 7. The predicted molar refractivity (Wildman–Crippen MR) is 209 cm³/mol. The van der Waals surface area contributed by atoms with Crippen LogP contribution >= 0.6 is 0 Å². The molecule has 25 heteroatoms. The number of nitrogens with two attached hydrogens (primary N) is 1. The number of hydrogen-bond acceptors (Lipinski definition) is 14. The van der Waals surface area contributed by atoms with Crippen LogP contribution in [0.5, 0.6) is 0 Å². The van der Waals surface area contributed by atoms with Crippen LogP contribution < -0.4 is 43.0 Å². The van der Waals surface area contributed by atoms with Crippen molar-refractivity contribution in [3.8, 4) is 0 Å². The highest BCUT2D eigenvalue weighted by molar-refractivity contribution is 5.98. The molecule has 1 heterocycles. The number of hydrogen-bond donors (Lipinski definition) is 14. The molecular weight excluding hydrogens is 812 g/mol. The first kappa shape index (κ1) is 52.8. The second kappa shape index (κ2) is 26.1. The van der Waals surface area contributed by atoms with Gasteiger partial charge in [-0.2, -0.15) is 0 Å². The quantitative estimate of drug-likeness (QED) is 0.0376. The molecular formula is C36H58N10O15. The van der Waals surface area contributed by atoms with Gasteiger partial charge in [0.05, 0.1) is 31.3 Å². The lowest BCUT2D eigenvalue weighted by atomic mass is 9.96. The summed E-state index contributed by atoms with van der Waals surface area (Å²) < 4.78 is 0. The molecule has 0 unspecified atom stereocenters. The minimum atomic E-state index is -1.80. The molecule has 0 aromatic carbocycles. The molecule has 0 spiro atoms. The van der Waals surface area contributed by atoms with Gasteiger partial charge in [-0.15, -0.1) is 0 Å². The Hall–Kier alpha value is -6.21. The van der Waals surface area contributed by atoms with Crippen LogP contribution in [0.2, 0.25) is 0 Å². The number of carboxylic acids is 3. The molecule has 0 saturated carbocycles. The Labute approximate surface area is 350 Å². The second-order valence-electron chi connectivity index (χ2n) is 14.5. The number of rotatable bonds is 28. The largest absolute Gasteiger partial charge is 0.481 e. The fraction of sp³-hybridized carbons (Fsp3) is 0.639. The summed E-state index contributed by atoms with van der Waals surface area (Å²) >= 11 is 0. The van der Waals surface area contributed by atoms with Crippen molar-refractivity contribution in [1.82, 2.24) is 47.2 Å². The molecule has 0 saturated heterocycles. The van der Waals surface area contributed by atoms with Gasteiger partial charge in [0.25, 0.3) is 0 Å². The minimum absolute atomic E-state index is 0.244. The smallest absolute Gasteiger partial charge is 0.326 e. The van der Waals surface area contributed by atoms with E-state index in [2.05, 4.69) is 41.9 Å². The van der Waals surface area contributed by atoms with Crippen molar-refractivity contribution < 1.29 is 73.5 Å². The fourth-order valence-electron chi connectivity index (χ4n) is 5.39. The molecule has 0 bridgehead atoms. The van der Waals surface area contributed by atoms with Gasteiger partial charge < -0.3 is 73.5 Å². The maximum absolute atomic E-state index is 13.9. The van der Waals surface area contributed by atoms with Crippen LogP contribution in [0.25, 0.3) is 0 Å². The van der Waals surface area contributed by atoms with Crippen LogP contribution in [-0.2, 0) is 54.4 Å². The van der Waals surface area contributed by atoms with Crippen molar-refractivity contribution in [2.45, 2.75) is 121 Å². The van der Waals surface area contributed by atoms with Crippen LogP contribution in [0.4, 0.5) is 0 Å². The summed E-state index contributed by atoms with van der Waals surface area (Å²) in [4.78, 5) is 133. The summed E-state index contributed by atoms with van der Waals surface area (Å²) in [5.74, 6) is -12.3. The number of aliphatic hydroxyl groups excluding tert-OH is 2. The zero-order chi connectivity index (χ0) is 46.6. The normalized spacial score (nSPS) is 15.5. The summed E-state index contributed by atoms with van der Waals surface area (Å²) in [7, 11) is 0. The van der Waals surface area contributed by atoms with E-state index < -0.39 is 152 Å². The van der Waals surface area contributed by atoms with Gasteiger partial charge >= 0.3 is 17.9 Å². The van der Waals surface area contributed by atoms with Crippen LogP contribution in [0.3, 0.4) is 0 Å². The molecule has 1 aromatic rings. The summed E-state index contributed by atoms with van der Waals surface area (Å²) in [6.07, 6.45) is 0.836. The summed E-state index contributed by atoms with van der Waals surface area (Å²) in [5, 5.41) is 63.4. The van der Waals surface area contributed by atoms with Gasteiger partial charge in [-0.1, -0.05) is 34.1 Å². The molecule has 15 N–H and O–H groups in total. The first-order valence-corrected chi connectivity index (χ1v) is 19.3. The topological polar surface area (TPSA) is 411 Å². The van der Waals surface area contributed by atoms with Gasteiger partial charge in [0.15, 0.2) is 0 Å². The predicted octanol–water partition coefficient (Wildman–Crippen LogP) is -4.81. The van der Waals surface area contributed by atoms with Crippen LogP contribution in [0.15, 0.2) is 12.5 Å². The number of aliphatic hydroxyl groups is 2. The molecule has 9 atom stereocenters. The molecule has 7 amide bonds. The average Bonchev–Trinajstić information content (AvgIpc) is 3.71. The van der Waals surface area contributed by atoms with E-state index in [1.165, 1.54) is 33.3 Å². The number of imidazole rings is 1. The molecule has 0 aliphatic rings. The third kappa shape index (κ3) is 18.3. The SMILES string of the molecule is CC[C@H](C)[C@H](NC(=O)[C@H](CCC(=O)O)NC(=O)[C@H](C)N)C(=O)N[C@@H](Cc1c[nH]cn1)C(=O)N[C@H](C(=O)N[C@@H](CO)C(=O)N[C@@H](CO)C(=O)N[C@@H](CCC(=O)O)C(=O)O)C(C)C. The lowest BCUT2D eigenvalue weighted by Gasteiger charge is -2.30. The fourth-order valence-corrected chi connectivity index (χ4v) is 5.39. The van der Waals surface area contributed by atoms with Gasteiger partial charge in [-0.3, -0.25) is 43.2 Å². The van der Waals surface area contributed by atoms with Gasteiger partial charge in [0.1, 0.15) is 42.3 Å². The maximum Gasteiger partial charge on any atom is 0.326 e. The van der Waals surface area contributed by atoms with Crippen molar-refractivity contribution in [2.24, 2.45) is 17.6 Å². The second-order valence-corrected chi connectivity index (χ2v) is 14.5. The van der Waals surface area contributed by atoms with Gasteiger partial charge in [-0.25, -0.2) is 9.78 Å². The molecule has 1 rings (SSSR count). The number of nitrogens with one attached hydrogen (secondary N) is 8. The van der Waals surface area contributed by atoms with E-state index in [0.29, 0.717) is 12.1 Å². The highest BCUT2D eigenvalue weighted by Crippen LogP contribution is 2.12. The lowest BCUT2D eigenvalue weighted by Crippen LogP contribution is -2.62. The van der Waals surface area contributed by atoms with Crippen molar-refractivity contribution in [3.05, 3.63) is 18.2 Å². The van der Waals surface area contributed by atoms with Crippen LogP contribution in [0, 0.1) is 11.8 Å². The number of aliphatic carboxylic acids is 3. The highest BCUT2D eigenvalue weighted by Gasteiger charge is 2.36. The Bertz CT molecular complexity index is 1690. The molecule has 25 nitrogen and oxygen atoms in total. The van der Waals surface area contributed by atoms with E-state index >= 15 is 0 Å². The van der Waals surface area contributed by atoms with Gasteiger partial charge in [0, 0.05) is 25.5 Å². The highest BCUT2D eigenvalue weighted by atomic mass is 16.4. The average molecular weight is 871 g/mol. The summed E-state index contributed by atoms with van der Waals surface area (Å²) in [6, 6.07) is -11.9. The number of carbonyl (C=O) groups is 10. The monoisotopic (exact) mass is 870 g/mol. The number of nitrogens with zero attached hydrogens (tertiary/aromatic N) is 1. The van der Waals surface area contributed by atoms with Crippen molar-refractivity contribution in [3.63, 3.8) is 0 Å². The summed E-state index contributed by atoms with van der Waals surface area (Å²) in [5.41, 5.74) is 5.90. The van der Waals surface area contributed by atoms with E-state index in [4.69, 9.17) is 10.8 Å². The molecule has 1 aromatic heterocycles.